The van der Waals surface area contributed by atoms with Gasteiger partial charge in [-0.3, -0.25) is 9.59 Å². The van der Waals surface area contributed by atoms with Gasteiger partial charge in [-0.05, 0) is 49.6 Å². The molecule has 1 amide bonds. The van der Waals surface area contributed by atoms with Crippen LogP contribution in [0.4, 0.5) is 5.69 Å². The highest BCUT2D eigenvalue weighted by atomic mass is 16.5. The van der Waals surface area contributed by atoms with Gasteiger partial charge in [-0.2, -0.15) is 5.26 Å². The summed E-state index contributed by atoms with van der Waals surface area (Å²) in [6.07, 6.45) is 1.38. The van der Waals surface area contributed by atoms with Gasteiger partial charge in [0.2, 0.25) is 0 Å². The fourth-order valence-electron chi connectivity index (χ4n) is 3.48. The first-order chi connectivity index (χ1) is 13.0. The third-order valence-electron chi connectivity index (χ3n) is 4.65. The molecule has 0 saturated carbocycles. The van der Waals surface area contributed by atoms with Crippen LogP contribution in [0.3, 0.4) is 0 Å². The van der Waals surface area contributed by atoms with E-state index in [0.29, 0.717) is 30.7 Å². The average Bonchev–Trinajstić information content (AvgIpc) is 3.01. The lowest BCUT2D eigenvalue weighted by Crippen LogP contribution is -2.36. The summed E-state index contributed by atoms with van der Waals surface area (Å²) in [5.41, 5.74) is 4.45. The standard InChI is InChI=1S/C22H22N2O3/c1-15-11-16(2)13-17(12-15)24(10-4-9-23)22(26)14-27-21-6-3-5-18-19(21)7-8-20(18)25/h3,5-6,11-13H,4,7-8,10,14H2,1-2H3. The van der Waals surface area contributed by atoms with Crippen LogP contribution in [-0.2, 0) is 11.2 Å². The second-order valence-electron chi connectivity index (χ2n) is 6.79. The minimum atomic E-state index is -0.211. The maximum absolute atomic E-state index is 12.8. The lowest BCUT2D eigenvalue weighted by Gasteiger charge is -2.23. The SMILES string of the molecule is Cc1cc(C)cc(N(CCC#N)C(=O)COc2cccc3c2CCC3=O)c1. The van der Waals surface area contributed by atoms with Crippen LogP contribution in [0, 0.1) is 25.2 Å². The van der Waals surface area contributed by atoms with Gasteiger partial charge in [0.05, 0.1) is 12.5 Å². The summed E-state index contributed by atoms with van der Waals surface area (Å²) in [7, 11) is 0. The molecule has 27 heavy (non-hydrogen) atoms. The number of amides is 1. The molecule has 0 heterocycles. The van der Waals surface area contributed by atoms with Gasteiger partial charge in [0.1, 0.15) is 5.75 Å². The fraction of sp³-hybridized carbons (Fsp3) is 0.318. The molecule has 2 aromatic carbocycles. The molecule has 0 N–H and O–H groups in total. The van der Waals surface area contributed by atoms with Crippen molar-refractivity contribution in [2.24, 2.45) is 0 Å². The van der Waals surface area contributed by atoms with E-state index in [1.807, 2.05) is 32.0 Å². The highest BCUT2D eigenvalue weighted by Gasteiger charge is 2.24. The largest absolute Gasteiger partial charge is 0.483 e. The first kappa shape index (κ1) is 18.7. The number of fused-ring (bicyclic) bond motifs is 1. The third-order valence-corrected chi connectivity index (χ3v) is 4.65. The molecule has 1 aliphatic rings. The van der Waals surface area contributed by atoms with Crippen molar-refractivity contribution in [1.82, 2.24) is 0 Å². The van der Waals surface area contributed by atoms with Crippen molar-refractivity contribution in [3.05, 3.63) is 58.7 Å². The molecule has 3 rings (SSSR count). The quantitative estimate of drug-likeness (QED) is 0.784. The molecule has 0 aromatic heterocycles. The Kier molecular flexibility index (Phi) is 5.56. The molecule has 0 unspecified atom stereocenters. The van der Waals surface area contributed by atoms with Gasteiger partial charge in [0, 0.05) is 29.8 Å². The lowest BCUT2D eigenvalue weighted by atomic mass is 10.1. The molecule has 5 nitrogen and oxygen atoms in total. The van der Waals surface area contributed by atoms with Crippen LogP contribution in [0.25, 0.3) is 0 Å². The zero-order valence-corrected chi connectivity index (χ0v) is 15.6. The minimum absolute atomic E-state index is 0.118. The van der Waals surface area contributed by atoms with Crippen molar-refractivity contribution in [2.75, 3.05) is 18.1 Å². The Morgan fingerprint density at radius 3 is 2.63 bits per heavy atom. The van der Waals surface area contributed by atoms with Crippen molar-refractivity contribution in [3.8, 4) is 11.8 Å². The Morgan fingerprint density at radius 1 is 1.19 bits per heavy atom. The molecule has 0 radical (unpaired) electrons. The van der Waals surface area contributed by atoms with E-state index in [-0.39, 0.29) is 24.7 Å². The summed E-state index contributed by atoms with van der Waals surface area (Å²) in [6, 6.07) is 13.4. The number of hydrogen-bond donors (Lipinski definition) is 0. The molecule has 0 fully saturated rings. The maximum atomic E-state index is 12.8. The van der Waals surface area contributed by atoms with Crippen LogP contribution < -0.4 is 9.64 Å². The fourth-order valence-corrected chi connectivity index (χ4v) is 3.48. The van der Waals surface area contributed by atoms with Crippen molar-refractivity contribution < 1.29 is 14.3 Å². The summed E-state index contributed by atoms with van der Waals surface area (Å²) in [6.45, 7) is 4.13. The van der Waals surface area contributed by atoms with E-state index in [1.54, 1.807) is 23.1 Å². The van der Waals surface area contributed by atoms with Gasteiger partial charge in [0.25, 0.3) is 5.91 Å². The van der Waals surface area contributed by atoms with Crippen LogP contribution >= 0.6 is 0 Å². The Bertz CT molecular complexity index is 907. The molecule has 0 spiro atoms. The van der Waals surface area contributed by atoms with Crippen LogP contribution in [0.1, 0.15) is 39.9 Å². The van der Waals surface area contributed by atoms with Crippen LogP contribution in [0.5, 0.6) is 5.75 Å². The number of anilines is 1. The predicted octanol–water partition coefficient (Wildman–Crippen LogP) is 3.76. The number of aryl methyl sites for hydroxylation is 2. The highest BCUT2D eigenvalue weighted by Crippen LogP contribution is 2.30. The van der Waals surface area contributed by atoms with Gasteiger partial charge < -0.3 is 9.64 Å². The first-order valence-electron chi connectivity index (χ1n) is 9.03. The molecule has 0 atom stereocenters. The molecule has 0 bridgehead atoms. The number of benzene rings is 2. The number of Topliss-reactive ketones (excluding diaryl/α,β-unsaturated/α-hetero) is 1. The normalized spacial score (nSPS) is 12.4. The van der Waals surface area contributed by atoms with E-state index in [0.717, 1.165) is 22.4 Å². The molecule has 5 heteroatoms. The second kappa shape index (κ2) is 8.05. The Labute approximate surface area is 159 Å². The highest BCUT2D eigenvalue weighted by molar-refractivity contribution is 6.01. The Balaban J connectivity index is 1.78. The molecule has 138 valence electrons. The summed E-state index contributed by atoms with van der Waals surface area (Å²) >= 11 is 0. The summed E-state index contributed by atoms with van der Waals surface area (Å²) in [4.78, 5) is 26.3. The van der Waals surface area contributed by atoms with Crippen molar-refractivity contribution in [3.63, 3.8) is 0 Å². The number of carbonyl (C=O) groups excluding carboxylic acids is 2. The number of rotatable bonds is 6. The summed E-state index contributed by atoms with van der Waals surface area (Å²) in [5.74, 6) is 0.497. The minimum Gasteiger partial charge on any atom is -0.483 e. The Hall–Kier alpha value is -3.13. The van der Waals surface area contributed by atoms with Gasteiger partial charge in [-0.15, -0.1) is 0 Å². The van der Waals surface area contributed by atoms with Crippen molar-refractivity contribution >= 4 is 17.4 Å². The summed E-state index contributed by atoms with van der Waals surface area (Å²) in [5, 5.41) is 8.94. The Morgan fingerprint density at radius 2 is 1.93 bits per heavy atom. The number of ketones is 1. The van der Waals surface area contributed by atoms with Gasteiger partial charge in [-0.25, -0.2) is 0 Å². The van der Waals surface area contributed by atoms with Crippen LogP contribution in [-0.4, -0.2) is 24.8 Å². The average molecular weight is 362 g/mol. The van der Waals surface area contributed by atoms with Crippen molar-refractivity contribution in [2.45, 2.75) is 33.1 Å². The van der Waals surface area contributed by atoms with E-state index in [2.05, 4.69) is 6.07 Å². The second-order valence-corrected chi connectivity index (χ2v) is 6.79. The zero-order chi connectivity index (χ0) is 19.4. The van der Waals surface area contributed by atoms with Crippen LogP contribution in [0.2, 0.25) is 0 Å². The summed E-state index contributed by atoms with van der Waals surface area (Å²) < 4.78 is 5.78. The number of nitrogens with zero attached hydrogens (tertiary/aromatic N) is 2. The topological polar surface area (TPSA) is 70.4 Å². The number of nitriles is 1. The molecule has 0 aliphatic heterocycles. The smallest absolute Gasteiger partial charge is 0.264 e. The predicted molar refractivity (Wildman–Crippen MR) is 103 cm³/mol. The van der Waals surface area contributed by atoms with Gasteiger partial charge in [-0.1, -0.05) is 18.2 Å². The maximum Gasteiger partial charge on any atom is 0.264 e. The molecule has 0 saturated heterocycles. The van der Waals surface area contributed by atoms with Crippen LogP contribution in [0.15, 0.2) is 36.4 Å². The van der Waals surface area contributed by atoms with E-state index in [1.165, 1.54) is 0 Å². The molecular formula is C22H22N2O3. The van der Waals surface area contributed by atoms with E-state index in [9.17, 15) is 9.59 Å². The first-order valence-corrected chi connectivity index (χ1v) is 9.03. The molecule has 1 aliphatic carbocycles. The van der Waals surface area contributed by atoms with E-state index < -0.39 is 0 Å². The number of carbonyl (C=O) groups is 2. The van der Waals surface area contributed by atoms with E-state index in [4.69, 9.17) is 10.00 Å². The van der Waals surface area contributed by atoms with Gasteiger partial charge in [0.15, 0.2) is 12.4 Å². The molecule has 2 aromatic rings. The zero-order valence-electron chi connectivity index (χ0n) is 15.6. The number of hydrogen-bond acceptors (Lipinski definition) is 4. The van der Waals surface area contributed by atoms with Crippen molar-refractivity contribution in [1.29, 1.82) is 5.26 Å². The lowest BCUT2D eigenvalue weighted by molar-refractivity contribution is -0.120. The number of ether oxygens (including phenoxy) is 1. The van der Waals surface area contributed by atoms with E-state index >= 15 is 0 Å². The van der Waals surface area contributed by atoms with Gasteiger partial charge >= 0.3 is 0 Å². The monoisotopic (exact) mass is 362 g/mol. The third kappa shape index (κ3) is 4.17. The molecular weight excluding hydrogens is 340 g/mol.